The second-order valence-corrected chi connectivity index (χ2v) is 7.53. The number of ether oxygens (including phenoxy) is 1. The molecule has 4 heterocycles. The molecule has 1 aromatic carbocycles. The van der Waals surface area contributed by atoms with E-state index in [2.05, 4.69) is 20.4 Å². The predicted molar refractivity (Wildman–Crippen MR) is 110 cm³/mol. The molecule has 10 heteroatoms. The fraction of sp³-hybridized carbons (Fsp3) is 0.333. The zero-order chi connectivity index (χ0) is 21.4. The Morgan fingerprint density at radius 1 is 1.32 bits per heavy atom. The van der Waals surface area contributed by atoms with E-state index < -0.39 is 18.0 Å². The summed E-state index contributed by atoms with van der Waals surface area (Å²) in [4.78, 5) is 22.4. The molecule has 8 nitrogen and oxygen atoms in total. The number of nitrogens with one attached hydrogen (secondary N) is 1. The van der Waals surface area contributed by atoms with Gasteiger partial charge in [0, 0.05) is 30.2 Å². The number of carbonyl (C=O) groups excluding carboxylic acids is 1. The molecule has 2 aromatic heterocycles. The van der Waals surface area contributed by atoms with E-state index in [0.717, 1.165) is 17.6 Å². The van der Waals surface area contributed by atoms with Crippen molar-refractivity contribution < 1.29 is 18.3 Å². The van der Waals surface area contributed by atoms with Crippen LogP contribution in [0.3, 0.4) is 0 Å². The third-order valence-electron chi connectivity index (χ3n) is 5.40. The number of likely N-dealkylation sites (tertiary alicyclic amines) is 1. The number of fused-ring (bicyclic) bond motifs is 1. The fourth-order valence-corrected chi connectivity index (χ4v) is 3.73. The smallest absolute Gasteiger partial charge is 0.321 e. The number of halogens is 2. The standard InChI is InChI=1S/C21H20F2N6O2/c22-15-3-6-28(12-15)21(30)25-16-1-2-18(23)17(9-16)19-26-20-24-10-14(11-29(20)27-19)13-4-7-31-8-5-13/h1-2,4,9-11,15H,3,5-8,12H2,(H,25,30). The minimum Gasteiger partial charge on any atom is -0.377 e. The maximum absolute atomic E-state index is 14.5. The summed E-state index contributed by atoms with van der Waals surface area (Å²) in [6.45, 7) is 1.62. The summed E-state index contributed by atoms with van der Waals surface area (Å²) in [5.41, 5.74) is 2.54. The SMILES string of the molecule is O=C(Nc1ccc(F)c(-c2nc3ncc(C4=CCOCC4)cn3n2)c1)N1CCC(F)C1. The van der Waals surface area contributed by atoms with Gasteiger partial charge in [-0.1, -0.05) is 6.08 Å². The number of urea groups is 1. The van der Waals surface area contributed by atoms with Crippen LogP contribution in [0.2, 0.25) is 0 Å². The lowest BCUT2D eigenvalue weighted by molar-refractivity contribution is 0.161. The zero-order valence-corrected chi connectivity index (χ0v) is 16.6. The molecule has 1 N–H and O–H groups in total. The molecule has 0 aliphatic carbocycles. The van der Waals surface area contributed by atoms with Gasteiger partial charge >= 0.3 is 6.03 Å². The van der Waals surface area contributed by atoms with Crippen LogP contribution in [0, 0.1) is 5.82 Å². The number of hydrogen-bond acceptors (Lipinski definition) is 5. The van der Waals surface area contributed by atoms with Gasteiger partial charge in [0.15, 0.2) is 5.82 Å². The highest BCUT2D eigenvalue weighted by Gasteiger charge is 2.26. The van der Waals surface area contributed by atoms with Crippen molar-refractivity contribution in [1.82, 2.24) is 24.5 Å². The van der Waals surface area contributed by atoms with Gasteiger partial charge < -0.3 is 15.0 Å². The molecule has 0 radical (unpaired) electrons. The number of aromatic nitrogens is 4. The highest BCUT2D eigenvalue weighted by atomic mass is 19.1. The Bertz CT molecular complexity index is 1180. The lowest BCUT2D eigenvalue weighted by Crippen LogP contribution is -2.33. The van der Waals surface area contributed by atoms with Gasteiger partial charge in [-0.2, -0.15) is 4.98 Å². The van der Waals surface area contributed by atoms with E-state index in [1.165, 1.54) is 27.6 Å². The molecule has 0 saturated carbocycles. The molecule has 1 saturated heterocycles. The van der Waals surface area contributed by atoms with Crippen molar-refractivity contribution in [3.8, 4) is 11.4 Å². The first-order valence-corrected chi connectivity index (χ1v) is 10.1. The van der Waals surface area contributed by atoms with E-state index in [4.69, 9.17) is 4.74 Å². The van der Waals surface area contributed by atoms with Crippen LogP contribution in [0.15, 0.2) is 36.7 Å². The van der Waals surface area contributed by atoms with Crippen molar-refractivity contribution in [2.45, 2.75) is 19.0 Å². The summed E-state index contributed by atoms with van der Waals surface area (Å²) in [7, 11) is 0. The van der Waals surface area contributed by atoms with E-state index in [1.807, 2.05) is 6.08 Å². The van der Waals surface area contributed by atoms with E-state index in [9.17, 15) is 13.6 Å². The Morgan fingerprint density at radius 3 is 3.00 bits per heavy atom. The summed E-state index contributed by atoms with van der Waals surface area (Å²) in [5.74, 6) is -0.0261. The van der Waals surface area contributed by atoms with Crippen molar-refractivity contribution in [3.63, 3.8) is 0 Å². The topological polar surface area (TPSA) is 84.6 Å². The van der Waals surface area contributed by atoms with Crippen LogP contribution in [0.5, 0.6) is 0 Å². The average Bonchev–Trinajstić information content (AvgIpc) is 3.41. The minimum absolute atomic E-state index is 0.0600. The first kappa shape index (κ1) is 19.6. The molecular weight excluding hydrogens is 406 g/mol. The number of hydrogen-bond donors (Lipinski definition) is 1. The number of nitrogens with zero attached hydrogens (tertiary/aromatic N) is 5. The van der Waals surface area contributed by atoms with Gasteiger partial charge in [0.25, 0.3) is 5.78 Å². The lowest BCUT2D eigenvalue weighted by atomic mass is 10.1. The van der Waals surface area contributed by atoms with Crippen LogP contribution in [-0.4, -0.2) is 63.0 Å². The third kappa shape index (κ3) is 3.98. The van der Waals surface area contributed by atoms with E-state index in [0.29, 0.717) is 37.6 Å². The summed E-state index contributed by atoms with van der Waals surface area (Å²) < 4.78 is 34.7. The molecule has 1 fully saturated rings. The van der Waals surface area contributed by atoms with Crippen LogP contribution >= 0.6 is 0 Å². The molecule has 3 aromatic rings. The third-order valence-corrected chi connectivity index (χ3v) is 5.40. The first-order valence-electron chi connectivity index (χ1n) is 10.1. The fourth-order valence-electron chi connectivity index (χ4n) is 3.73. The molecule has 2 aliphatic heterocycles. The number of rotatable bonds is 3. The lowest BCUT2D eigenvalue weighted by Gasteiger charge is -2.16. The average molecular weight is 426 g/mol. The molecule has 1 atom stereocenters. The Kier molecular flexibility index (Phi) is 5.06. The molecule has 1 unspecified atom stereocenters. The zero-order valence-electron chi connectivity index (χ0n) is 16.6. The molecule has 0 bridgehead atoms. The Labute approximate surface area is 176 Å². The predicted octanol–water partition coefficient (Wildman–Crippen LogP) is 3.31. The van der Waals surface area contributed by atoms with Gasteiger partial charge in [0.2, 0.25) is 0 Å². The van der Waals surface area contributed by atoms with Crippen molar-refractivity contribution >= 4 is 23.1 Å². The van der Waals surface area contributed by atoms with Crippen molar-refractivity contribution in [2.75, 3.05) is 31.6 Å². The van der Waals surface area contributed by atoms with Gasteiger partial charge in [-0.15, -0.1) is 5.10 Å². The summed E-state index contributed by atoms with van der Waals surface area (Å²) >= 11 is 0. The van der Waals surface area contributed by atoms with Gasteiger partial charge in [-0.05, 0) is 36.6 Å². The Balaban J connectivity index is 1.42. The Morgan fingerprint density at radius 2 is 2.23 bits per heavy atom. The van der Waals surface area contributed by atoms with Gasteiger partial charge in [-0.3, -0.25) is 0 Å². The molecule has 2 aliphatic rings. The number of alkyl halides is 1. The van der Waals surface area contributed by atoms with Crippen LogP contribution in [0.4, 0.5) is 19.3 Å². The maximum atomic E-state index is 14.5. The number of carbonyl (C=O) groups is 1. The normalized spacial score (nSPS) is 19.0. The van der Waals surface area contributed by atoms with Crippen molar-refractivity contribution in [1.29, 1.82) is 0 Å². The number of amides is 2. The van der Waals surface area contributed by atoms with Crippen molar-refractivity contribution in [3.05, 3.63) is 48.0 Å². The van der Waals surface area contributed by atoms with Crippen LogP contribution in [-0.2, 0) is 4.74 Å². The van der Waals surface area contributed by atoms with Crippen molar-refractivity contribution in [2.24, 2.45) is 0 Å². The Hall–Kier alpha value is -3.40. The van der Waals surface area contributed by atoms with Gasteiger partial charge in [0.1, 0.15) is 12.0 Å². The van der Waals surface area contributed by atoms with E-state index in [1.54, 1.807) is 12.4 Å². The molecule has 160 valence electrons. The van der Waals surface area contributed by atoms with Gasteiger partial charge in [-0.25, -0.2) is 23.1 Å². The van der Waals surface area contributed by atoms with Crippen LogP contribution in [0.25, 0.3) is 22.7 Å². The number of benzene rings is 1. The van der Waals surface area contributed by atoms with Crippen LogP contribution in [0.1, 0.15) is 18.4 Å². The van der Waals surface area contributed by atoms with Gasteiger partial charge in [0.05, 0.1) is 25.3 Å². The largest absolute Gasteiger partial charge is 0.377 e. The molecule has 0 spiro atoms. The molecular formula is C21H20F2N6O2. The molecule has 5 rings (SSSR count). The van der Waals surface area contributed by atoms with Crippen LogP contribution < -0.4 is 5.32 Å². The number of anilines is 1. The summed E-state index contributed by atoms with van der Waals surface area (Å²) in [5, 5.41) is 7.06. The highest BCUT2D eigenvalue weighted by molar-refractivity contribution is 5.90. The molecule has 31 heavy (non-hydrogen) atoms. The second kappa shape index (κ2) is 8.03. The van der Waals surface area contributed by atoms with E-state index in [-0.39, 0.29) is 17.9 Å². The first-order chi connectivity index (χ1) is 15.1. The highest BCUT2D eigenvalue weighted by Crippen LogP contribution is 2.26. The second-order valence-electron chi connectivity index (χ2n) is 7.53. The minimum atomic E-state index is -1.01. The maximum Gasteiger partial charge on any atom is 0.321 e. The summed E-state index contributed by atoms with van der Waals surface area (Å²) in [6.07, 6.45) is 5.62. The summed E-state index contributed by atoms with van der Waals surface area (Å²) in [6, 6.07) is 3.73. The quantitative estimate of drug-likeness (QED) is 0.695. The monoisotopic (exact) mass is 426 g/mol. The molecule has 2 amide bonds. The van der Waals surface area contributed by atoms with E-state index >= 15 is 0 Å².